The highest BCUT2D eigenvalue weighted by Gasteiger charge is 2.47. The fourth-order valence-corrected chi connectivity index (χ4v) is 4.11. The van der Waals surface area contributed by atoms with Gasteiger partial charge in [-0.3, -0.25) is 19.3 Å². The smallest absolute Gasteiger partial charge is 0.300 e. The summed E-state index contributed by atoms with van der Waals surface area (Å²) in [5, 5.41) is 13.8. The second kappa shape index (κ2) is 9.42. The number of aryl methyl sites for hydroxylation is 1. The van der Waals surface area contributed by atoms with Crippen molar-refractivity contribution in [2.45, 2.75) is 19.9 Å². The van der Waals surface area contributed by atoms with E-state index in [-0.39, 0.29) is 22.6 Å². The highest BCUT2D eigenvalue weighted by atomic mass is 19.1. The number of hydrogen-bond acceptors (Lipinski definition) is 5. The Hall–Kier alpha value is -4.46. The molecule has 4 rings (SSSR count). The lowest BCUT2D eigenvalue weighted by molar-refractivity contribution is -0.132. The maximum Gasteiger partial charge on any atom is 0.300 e. The van der Waals surface area contributed by atoms with Crippen molar-refractivity contribution in [3.8, 4) is 5.75 Å². The zero-order chi connectivity index (χ0) is 25.3. The summed E-state index contributed by atoms with van der Waals surface area (Å²) in [4.78, 5) is 39.4. The van der Waals surface area contributed by atoms with Crippen LogP contribution in [0.3, 0.4) is 0 Å². The van der Waals surface area contributed by atoms with Crippen LogP contribution >= 0.6 is 0 Å². The molecule has 3 aromatic rings. The lowest BCUT2D eigenvalue weighted by Crippen LogP contribution is -2.29. The van der Waals surface area contributed by atoms with Crippen LogP contribution in [0.1, 0.15) is 29.7 Å². The predicted molar refractivity (Wildman–Crippen MR) is 130 cm³/mol. The number of carbonyl (C=O) groups excluding carboxylic acids is 3. The Bertz CT molecular complexity index is 1380. The number of aliphatic hydroxyl groups is 1. The van der Waals surface area contributed by atoms with Crippen LogP contribution in [0.4, 0.5) is 15.8 Å². The number of carbonyl (C=O) groups is 3. The Balaban J connectivity index is 1.94. The molecule has 1 aliphatic rings. The number of aliphatic hydroxyl groups excluding tert-OH is 1. The van der Waals surface area contributed by atoms with Crippen LogP contribution in [-0.2, 0) is 14.4 Å². The van der Waals surface area contributed by atoms with Gasteiger partial charge in [0.25, 0.3) is 11.7 Å². The number of amides is 2. The molecule has 0 bridgehead atoms. The van der Waals surface area contributed by atoms with Crippen LogP contribution in [-0.4, -0.2) is 29.8 Å². The minimum absolute atomic E-state index is 0.140. The fourth-order valence-electron chi connectivity index (χ4n) is 4.11. The van der Waals surface area contributed by atoms with E-state index in [0.717, 1.165) is 0 Å². The normalized spacial score (nSPS) is 16.9. The molecule has 1 aliphatic heterocycles. The van der Waals surface area contributed by atoms with E-state index in [4.69, 9.17) is 4.74 Å². The maximum absolute atomic E-state index is 13.8. The number of nitrogens with one attached hydrogen (secondary N) is 1. The van der Waals surface area contributed by atoms with Crippen molar-refractivity contribution < 1.29 is 28.6 Å². The quantitative estimate of drug-likeness (QED) is 0.317. The summed E-state index contributed by atoms with van der Waals surface area (Å²) in [5.74, 6) is -2.40. The standard InChI is InChI=1S/C27H23FN2O5/c1-15-12-18(10-11-22(15)28)25(32)23-24(17-6-4-9-21(13-17)35-3)30(27(34)26(23)33)20-8-5-7-19(14-20)29-16(2)31/h4-14,24,32H,1-3H3,(H,29,31)/b25-23+. The SMILES string of the molecule is COc1cccc(C2/C(=C(\O)c3ccc(F)c(C)c3)C(=O)C(=O)N2c2cccc(NC(C)=O)c2)c1. The van der Waals surface area contributed by atoms with Gasteiger partial charge in [0.2, 0.25) is 5.91 Å². The van der Waals surface area contributed by atoms with Gasteiger partial charge in [-0.2, -0.15) is 0 Å². The number of anilines is 2. The zero-order valence-electron chi connectivity index (χ0n) is 19.3. The molecule has 0 aliphatic carbocycles. The molecule has 0 aromatic heterocycles. The molecular weight excluding hydrogens is 451 g/mol. The largest absolute Gasteiger partial charge is 0.507 e. The minimum atomic E-state index is -0.997. The van der Waals surface area contributed by atoms with Gasteiger partial charge in [0.05, 0.1) is 18.7 Å². The van der Waals surface area contributed by atoms with Crippen LogP contribution < -0.4 is 15.0 Å². The molecule has 1 saturated heterocycles. The van der Waals surface area contributed by atoms with Crippen LogP contribution in [0.15, 0.2) is 72.3 Å². The number of Topliss-reactive ketones (excluding diaryl/α,β-unsaturated/α-hetero) is 1. The average Bonchev–Trinajstić information content (AvgIpc) is 3.10. The third-order valence-electron chi connectivity index (χ3n) is 5.73. The molecular formula is C27H23FN2O5. The van der Waals surface area contributed by atoms with Gasteiger partial charge in [-0.1, -0.05) is 18.2 Å². The van der Waals surface area contributed by atoms with Gasteiger partial charge in [0.15, 0.2) is 0 Å². The molecule has 1 unspecified atom stereocenters. The van der Waals surface area contributed by atoms with Gasteiger partial charge in [0, 0.05) is 23.9 Å². The second-order valence-corrected chi connectivity index (χ2v) is 8.14. The van der Waals surface area contributed by atoms with E-state index < -0.39 is 29.3 Å². The lowest BCUT2D eigenvalue weighted by atomic mass is 9.94. The van der Waals surface area contributed by atoms with Crippen LogP contribution in [0.2, 0.25) is 0 Å². The number of ketones is 1. The maximum atomic E-state index is 13.8. The van der Waals surface area contributed by atoms with Crippen LogP contribution in [0.5, 0.6) is 5.75 Å². The van der Waals surface area contributed by atoms with E-state index in [1.807, 2.05) is 0 Å². The van der Waals surface area contributed by atoms with Crippen LogP contribution in [0.25, 0.3) is 5.76 Å². The number of hydrogen-bond donors (Lipinski definition) is 2. The molecule has 2 amide bonds. The highest BCUT2D eigenvalue weighted by molar-refractivity contribution is 6.51. The van der Waals surface area contributed by atoms with Crippen molar-refractivity contribution in [3.05, 3.63) is 94.8 Å². The first kappa shape index (κ1) is 23.7. The lowest BCUT2D eigenvalue weighted by Gasteiger charge is -2.26. The molecule has 1 atom stereocenters. The van der Waals surface area contributed by atoms with Crippen molar-refractivity contribution in [3.63, 3.8) is 0 Å². The molecule has 178 valence electrons. The van der Waals surface area contributed by atoms with Gasteiger partial charge in [-0.15, -0.1) is 0 Å². The fraction of sp³-hybridized carbons (Fsp3) is 0.148. The predicted octanol–water partition coefficient (Wildman–Crippen LogP) is 4.73. The van der Waals surface area contributed by atoms with E-state index >= 15 is 0 Å². The Labute approximate surface area is 201 Å². The molecule has 0 saturated carbocycles. The minimum Gasteiger partial charge on any atom is -0.507 e. The van der Waals surface area contributed by atoms with Crippen molar-refractivity contribution in [2.75, 3.05) is 17.3 Å². The first-order valence-electron chi connectivity index (χ1n) is 10.8. The summed E-state index contributed by atoms with van der Waals surface area (Å²) < 4.78 is 19.2. The Morgan fingerprint density at radius 1 is 1.06 bits per heavy atom. The molecule has 0 spiro atoms. The van der Waals surface area contributed by atoms with E-state index in [0.29, 0.717) is 22.7 Å². The number of methoxy groups -OCH3 is 1. The van der Waals surface area contributed by atoms with E-state index in [1.165, 1.54) is 44.1 Å². The van der Waals surface area contributed by atoms with Gasteiger partial charge in [0.1, 0.15) is 17.3 Å². The summed E-state index contributed by atoms with van der Waals surface area (Å²) in [7, 11) is 1.49. The van der Waals surface area contributed by atoms with Crippen molar-refractivity contribution in [1.29, 1.82) is 0 Å². The molecule has 7 nitrogen and oxygen atoms in total. The number of rotatable bonds is 5. The summed E-state index contributed by atoms with van der Waals surface area (Å²) in [6, 6.07) is 16.3. The van der Waals surface area contributed by atoms with Gasteiger partial charge in [-0.05, 0) is 66.6 Å². The molecule has 35 heavy (non-hydrogen) atoms. The summed E-state index contributed by atoms with van der Waals surface area (Å²) in [6.07, 6.45) is 0. The average molecular weight is 474 g/mol. The third-order valence-corrected chi connectivity index (χ3v) is 5.73. The van der Waals surface area contributed by atoms with Gasteiger partial charge >= 0.3 is 0 Å². The first-order valence-corrected chi connectivity index (χ1v) is 10.8. The number of nitrogens with zero attached hydrogens (tertiary/aromatic N) is 1. The highest BCUT2D eigenvalue weighted by Crippen LogP contribution is 2.43. The van der Waals surface area contributed by atoms with E-state index in [1.54, 1.807) is 48.5 Å². The molecule has 8 heteroatoms. The molecule has 3 aromatic carbocycles. The van der Waals surface area contributed by atoms with Crippen molar-refractivity contribution in [2.24, 2.45) is 0 Å². The van der Waals surface area contributed by atoms with E-state index in [2.05, 4.69) is 5.32 Å². The summed E-state index contributed by atoms with van der Waals surface area (Å²) >= 11 is 0. The van der Waals surface area contributed by atoms with Gasteiger partial charge in [-0.25, -0.2) is 4.39 Å². The van der Waals surface area contributed by atoms with E-state index in [9.17, 15) is 23.9 Å². The summed E-state index contributed by atoms with van der Waals surface area (Å²) in [5.41, 5.74) is 1.66. The molecule has 1 heterocycles. The Morgan fingerprint density at radius 3 is 2.49 bits per heavy atom. The Morgan fingerprint density at radius 2 is 1.80 bits per heavy atom. The molecule has 0 radical (unpaired) electrons. The number of ether oxygens (including phenoxy) is 1. The monoisotopic (exact) mass is 474 g/mol. The summed E-state index contributed by atoms with van der Waals surface area (Å²) in [6.45, 7) is 2.90. The third kappa shape index (κ3) is 4.50. The first-order chi connectivity index (χ1) is 16.7. The Kier molecular flexibility index (Phi) is 6.38. The molecule has 2 N–H and O–H groups in total. The number of halogens is 1. The van der Waals surface area contributed by atoms with Gasteiger partial charge < -0.3 is 15.2 Å². The number of benzene rings is 3. The van der Waals surface area contributed by atoms with Crippen molar-refractivity contribution >= 4 is 34.7 Å². The second-order valence-electron chi connectivity index (χ2n) is 8.14. The topological polar surface area (TPSA) is 95.9 Å². The zero-order valence-corrected chi connectivity index (χ0v) is 19.3. The van der Waals surface area contributed by atoms with Crippen molar-refractivity contribution in [1.82, 2.24) is 0 Å². The van der Waals surface area contributed by atoms with Crippen LogP contribution in [0, 0.1) is 12.7 Å². The molecule has 1 fully saturated rings.